The first-order chi connectivity index (χ1) is 19.8. The number of aromatic hydroxyl groups is 1. The third-order valence-corrected chi connectivity index (χ3v) is 7.62. The molecule has 5 heteroatoms. The summed E-state index contributed by atoms with van der Waals surface area (Å²) in [5, 5.41) is 17.6. The maximum atomic E-state index is 10.9. The fourth-order valence-electron chi connectivity index (χ4n) is 5.82. The summed E-state index contributed by atoms with van der Waals surface area (Å²) in [7, 11) is 0. The van der Waals surface area contributed by atoms with Gasteiger partial charge in [-0.2, -0.15) is 0 Å². The zero-order valence-electron chi connectivity index (χ0n) is 21.7. The molecule has 3 aromatic heterocycles. The Hall–Kier alpha value is -4.79. The van der Waals surface area contributed by atoms with Gasteiger partial charge in [0.2, 0.25) is 0 Å². The Bertz CT molecular complexity index is 2290. The molecule has 0 aliphatic heterocycles. The molecule has 0 radical (unpaired) electrons. The number of imidazole rings is 1. The van der Waals surface area contributed by atoms with E-state index in [0.717, 1.165) is 60.1 Å². The summed E-state index contributed by atoms with van der Waals surface area (Å²) >= 11 is 0. The Morgan fingerprint density at radius 3 is 1.95 bits per heavy atom. The fraction of sp³-hybridized carbons (Fsp3) is 0. The summed E-state index contributed by atoms with van der Waals surface area (Å²) < 4.78 is 4.03. The van der Waals surface area contributed by atoms with Gasteiger partial charge < -0.3 is 14.5 Å². The van der Waals surface area contributed by atoms with E-state index >= 15 is 0 Å². The summed E-state index contributed by atoms with van der Waals surface area (Å²) in [6.45, 7) is 0. The molecule has 0 atom stereocenters. The van der Waals surface area contributed by atoms with E-state index in [1.807, 2.05) is 41.0 Å². The van der Waals surface area contributed by atoms with Crippen LogP contribution in [0.4, 0.5) is 0 Å². The van der Waals surface area contributed by atoms with Gasteiger partial charge in [0.15, 0.2) is 0 Å². The van der Waals surface area contributed by atoms with Crippen molar-refractivity contribution in [2.24, 2.45) is 0 Å². The van der Waals surface area contributed by atoms with Crippen LogP contribution < -0.4 is 4.57 Å². The Kier molecular flexibility index (Phi) is 6.14. The minimum absolute atomic E-state index is 0. The van der Waals surface area contributed by atoms with Gasteiger partial charge in [-0.15, -0.1) is 23.8 Å². The third-order valence-electron chi connectivity index (χ3n) is 7.62. The second kappa shape index (κ2) is 9.99. The van der Waals surface area contributed by atoms with Gasteiger partial charge in [-0.05, 0) is 51.0 Å². The maximum absolute atomic E-state index is 10.9. The van der Waals surface area contributed by atoms with E-state index < -0.39 is 0 Å². The van der Waals surface area contributed by atoms with Crippen molar-refractivity contribution in [3.63, 3.8) is 0 Å². The molecule has 5 aromatic carbocycles. The molecule has 0 amide bonds. The number of nitrogens with zero attached hydrogens (tertiary/aromatic N) is 3. The smallest absolute Gasteiger partial charge is 0.511 e. The molecule has 1 N–H and O–H groups in total. The standard InChI is InChI=1S/C36H22N3O.Pt/c40-35-18-6-5-16-32(35)38-23-39-34-22-24(31-15-7-8-21-37-31)19-20-29(34)27-12-3-1-10-25(27)26-11-2-4-13-28(26)30-14-9-17-33(38)36(30)39;/h1-21,40H;/q-1;+2. The molecule has 196 valence electrons. The van der Waals surface area contributed by atoms with Crippen molar-refractivity contribution in [1.82, 2.24) is 9.38 Å². The van der Waals surface area contributed by atoms with E-state index in [1.165, 1.54) is 0 Å². The third kappa shape index (κ3) is 3.94. The largest absolute Gasteiger partial charge is 2.00 e. The predicted octanol–water partition coefficient (Wildman–Crippen LogP) is 7.76. The number of hydrogen-bond acceptors (Lipinski definition) is 2. The molecule has 0 bridgehead atoms. The van der Waals surface area contributed by atoms with Crippen LogP contribution in [0.1, 0.15) is 0 Å². The first-order valence-corrected chi connectivity index (χ1v) is 13.2. The van der Waals surface area contributed by atoms with Gasteiger partial charge in [-0.1, -0.05) is 102 Å². The SMILES string of the molecule is Oc1ccccc1-[n+]1[c-]n2c3[c-]c(-c4ccccn4)ccc3c3ccccc3c3ccccc3c3cccc1c32.[Pt+2]. The van der Waals surface area contributed by atoms with Gasteiger partial charge in [-0.25, -0.2) is 0 Å². The van der Waals surface area contributed by atoms with Crippen LogP contribution in [0.3, 0.4) is 0 Å². The van der Waals surface area contributed by atoms with Crippen LogP contribution in [-0.2, 0) is 21.1 Å². The van der Waals surface area contributed by atoms with Gasteiger partial charge in [0.05, 0.1) is 11.0 Å². The molecule has 4 nitrogen and oxygen atoms in total. The molecule has 8 aromatic rings. The molecule has 0 aliphatic rings. The van der Waals surface area contributed by atoms with Gasteiger partial charge in [0.1, 0.15) is 11.4 Å². The Morgan fingerprint density at radius 1 is 0.610 bits per heavy atom. The molecular weight excluding hydrogens is 685 g/mol. The van der Waals surface area contributed by atoms with Crippen LogP contribution in [0.15, 0.2) is 128 Å². The maximum Gasteiger partial charge on any atom is 2.00 e. The van der Waals surface area contributed by atoms with E-state index in [0.29, 0.717) is 5.69 Å². The molecule has 0 saturated heterocycles. The average molecular weight is 708 g/mol. The van der Waals surface area contributed by atoms with Crippen LogP contribution >= 0.6 is 0 Å². The van der Waals surface area contributed by atoms with Crippen LogP contribution in [0, 0.1) is 12.4 Å². The number of rotatable bonds is 2. The molecule has 0 aliphatic carbocycles. The number of hydrogen-bond donors (Lipinski definition) is 1. The first kappa shape index (κ1) is 25.2. The van der Waals surface area contributed by atoms with Crippen molar-refractivity contribution in [2.75, 3.05) is 0 Å². The molecular formula is C36H22N3OPt+. The van der Waals surface area contributed by atoms with Gasteiger partial charge in [0, 0.05) is 6.20 Å². The molecule has 41 heavy (non-hydrogen) atoms. The van der Waals surface area contributed by atoms with Crippen molar-refractivity contribution in [3.05, 3.63) is 140 Å². The number of benzene rings is 5. The molecule has 3 heterocycles. The van der Waals surface area contributed by atoms with Crippen molar-refractivity contribution in [1.29, 1.82) is 0 Å². The van der Waals surface area contributed by atoms with Gasteiger partial charge >= 0.3 is 21.1 Å². The van der Waals surface area contributed by atoms with E-state index in [-0.39, 0.29) is 26.8 Å². The minimum atomic E-state index is 0. The molecule has 0 fully saturated rings. The van der Waals surface area contributed by atoms with Crippen LogP contribution in [0.5, 0.6) is 5.75 Å². The molecule has 0 unspecified atom stereocenters. The summed E-state index contributed by atoms with van der Waals surface area (Å²) in [5.41, 5.74) is 5.21. The van der Waals surface area contributed by atoms with Crippen LogP contribution in [-0.4, -0.2) is 14.5 Å². The molecule has 0 saturated carbocycles. The average Bonchev–Trinajstić information content (AvgIpc) is 3.42. The molecule has 8 rings (SSSR count). The first-order valence-electron chi connectivity index (χ1n) is 13.2. The van der Waals surface area contributed by atoms with E-state index in [1.54, 1.807) is 12.3 Å². The predicted molar refractivity (Wildman–Crippen MR) is 160 cm³/mol. The van der Waals surface area contributed by atoms with Crippen molar-refractivity contribution in [3.8, 4) is 22.7 Å². The Morgan fingerprint density at radius 2 is 1.24 bits per heavy atom. The van der Waals surface area contributed by atoms with E-state index in [9.17, 15) is 5.11 Å². The Balaban J connectivity index is 0.00000276. The van der Waals surface area contributed by atoms with Crippen molar-refractivity contribution >= 4 is 48.9 Å². The summed E-state index contributed by atoms with van der Waals surface area (Å²) in [4.78, 5) is 4.60. The van der Waals surface area contributed by atoms with Crippen molar-refractivity contribution < 1.29 is 30.7 Å². The number of pyridine rings is 1. The zero-order valence-corrected chi connectivity index (χ0v) is 24.0. The second-order valence-electron chi connectivity index (χ2n) is 9.87. The summed E-state index contributed by atoms with van der Waals surface area (Å²) in [6.07, 6.45) is 5.41. The van der Waals surface area contributed by atoms with E-state index in [4.69, 9.17) is 0 Å². The van der Waals surface area contributed by atoms with Crippen molar-refractivity contribution in [2.45, 2.75) is 0 Å². The number of aromatic nitrogens is 3. The normalized spacial score (nSPS) is 11.3. The summed E-state index contributed by atoms with van der Waals surface area (Å²) in [5.74, 6) is 0.192. The topological polar surface area (TPSA) is 41.4 Å². The van der Waals surface area contributed by atoms with Gasteiger partial charge in [0.25, 0.3) is 6.33 Å². The number of phenols is 1. The summed E-state index contributed by atoms with van der Waals surface area (Å²) in [6, 6.07) is 44.7. The second-order valence-corrected chi connectivity index (χ2v) is 9.87. The molecule has 0 spiro atoms. The Labute approximate surface area is 250 Å². The quantitative estimate of drug-likeness (QED) is 0.148. The number of phenolic OH excluding ortho intramolecular Hbond substituents is 1. The fourth-order valence-corrected chi connectivity index (χ4v) is 5.82. The number of para-hydroxylation sites is 3. The van der Waals surface area contributed by atoms with Crippen LogP contribution in [0.2, 0.25) is 0 Å². The van der Waals surface area contributed by atoms with Gasteiger partial charge in [-0.3, -0.25) is 4.57 Å². The van der Waals surface area contributed by atoms with Crippen LogP contribution in [0.25, 0.3) is 65.8 Å². The zero-order chi connectivity index (χ0) is 26.6. The van der Waals surface area contributed by atoms with E-state index in [2.05, 4.69) is 101 Å². The number of fused-ring (bicyclic) bond motifs is 7. The minimum Gasteiger partial charge on any atom is -0.511 e. The monoisotopic (exact) mass is 707 g/mol.